The van der Waals surface area contributed by atoms with Gasteiger partial charge >= 0.3 is 6.09 Å². The Morgan fingerprint density at radius 3 is 2.64 bits per heavy atom. The fourth-order valence-corrected chi connectivity index (χ4v) is 4.17. The summed E-state index contributed by atoms with van der Waals surface area (Å²) in [5.41, 5.74) is 3.13. The van der Waals surface area contributed by atoms with Gasteiger partial charge in [-0.25, -0.2) is 4.79 Å². The molecular weight excluding hydrogens is 484 g/mol. The van der Waals surface area contributed by atoms with Crippen LogP contribution in [0.1, 0.15) is 48.6 Å². The number of carboxylic acid groups (broad SMARTS) is 1. The van der Waals surface area contributed by atoms with E-state index in [1.807, 2.05) is 48.7 Å². The number of benzene rings is 2. The number of aromatic nitrogens is 3. The molecule has 3 aromatic rings. The molecule has 0 unspecified atom stereocenters. The van der Waals surface area contributed by atoms with E-state index < -0.39 is 12.1 Å². The highest BCUT2D eigenvalue weighted by atomic mass is 35.5. The first-order chi connectivity index (χ1) is 17.4. The zero-order valence-corrected chi connectivity index (χ0v) is 20.7. The van der Waals surface area contributed by atoms with Crippen molar-refractivity contribution in [1.82, 2.24) is 25.4 Å². The molecule has 2 heterocycles. The summed E-state index contributed by atoms with van der Waals surface area (Å²) in [4.78, 5) is 28.2. The van der Waals surface area contributed by atoms with E-state index in [0.29, 0.717) is 54.2 Å². The molecule has 1 atom stereocenters. The maximum absolute atomic E-state index is 12.6. The molecule has 1 aliphatic rings. The molecule has 0 saturated heterocycles. The number of aliphatic imine (C=N–C) groups is 1. The second kappa shape index (κ2) is 11.2. The van der Waals surface area contributed by atoms with Crippen molar-refractivity contribution in [3.8, 4) is 11.4 Å². The number of ether oxygens (including phenoxy) is 1. The fourth-order valence-electron chi connectivity index (χ4n) is 4.04. The maximum atomic E-state index is 12.6. The van der Waals surface area contributed by atoms with Gasteiger partial charge in [-0.2, -0.15) is 0 Å². The molecule has 188 valence electrons. The number of nitrogens with one attached hydrogen (secondary N) is 2. The molecule has 10 nitrogen and oxygen atoms in total. The average Bonchev–Trinajstić information content (AvgIpc) is 3.17. The van der Waals surface area contributed by atoms with Crippen LogP contribution in [0.2, 0.25) is 5.02 Å². The van der Waals surface area contributed by atoms with Crippen LogP contribution < -0.4 is 15.4 Å². The third-order valence-electron chi connectivity index (χ3n) is 5.63. The first kappa shape index (κ1) is 25.2. The van der Waals surface area contributed by atoms with Crippen molar-refractivity contribution < 1.29 is 19.4 Å². The van der Waals surface area contributed by atoms with Crippen LogP contribution >= 0.6 is 11.6 Å². The zero-order chi connectivity index (χ0) is 25.7. The Kier molecular flexibility index (Phi) is 7.84. The number of carbonyl (C=O) groups excluding carboxylic acids is 1. The van der Waals surface area contributed by atoms with Gasteiger partial charge in [0.25, 0.3) is 0 Å². The molecule has 2 aromatic carbocycles. The summed E-state index contributed by atoms with van der Waals surface area (Å²) in [6.45, 7) is 4.88. The molecule has 0 spiro atoms. The third-order valence-corrected chi connectivity index (χ3v) is 5.89. The van der Waals surface area contributed by atoms with Gasteiger partial charge in [0.15, 0.2) is 5.82 Å². The summed E-state index contributed by atoms with van der Waals surface area (Å²) >= 11 is 6.14. The lowest BCUT2D eigenvalue weighted by atomic mass is 10.00. The van der Waals surface area contributed by atoms with Crippen LogP contribution in [0.4, 0.5) is 4.79 Å². The quantitative estimate of drug-likeness (QED) is 0.376. The highest BCUT2D eigenvalue weighted by Crippen LogP contribution is 2.34. The summed E-state index contributed by atoms with van der Waals surface area (Å²) in [6, 6.07) is 12.5. The number of aryl methyl sites for hydroxylation is 1. The Bertz CT molecular complexity index is 1290. The molecule has 0 aliphatic carbocycles. The van der Waals surface area contributed by atoms with E-state index in [1.54, 1.807) is 12.1 Å². The van der Waals surface area contributed by atoms with E-state index in [0.717, 1.165) is 16.8 Å². The molecule has 4 rings (SSSR count). The van der Waals surface area contributed by atoms with Crippen molar-refractivity contribution in [2.75, 3.05) is 19.7 Å². The van der Waals surface area contributed by atoms with E-state index in [2.05, 4.69) is 20.8 Å². The van der Waals surface area contributed by atoms with Crippen molar-refractivity contribution in [1.29, 1.82) is 0 Å². The molecule has 0 bridgehead atoms. The smallest absolute Gasteiger partial charge is 0.404 e. The van der Waals surface area contributed by atoms with Gasteiger partial charge < -0.3 is 20.5 Å². The first-order valence-electron chi connectivity index (χ1n) is 11.6. The highest BCUT2D eigenvalue weighted by molar-refractivity contribution is 6.30. The van der Waals surface area contributed by atoms with Crippen LogP contribution in [0.25, 0.3) is 5.69 Å². The number of rotatable bonds is 9. The van der Waals surface area contributed by atoms with Crippen molar-refractivity contribution >= 4 is 29.3 Å². The Morgan fingerprint density at radius 2 is 1.92 bits per heavy atom. The van der Waals surface area contributed by atoms with Gasteiger partial charge in [-0.15, -0.1) is 10.2 Å². The third kappa shape index (κ3) is 5.65. The van der Waals surface area contributed by atoms with Crippen molar-refractivity contribution in [2.24, 2.45) is 4.99 Å². The van der Waals surface area contributed by atoms with Crippen molar-refractivity contribution in [3.63, 3.8) is 0 Å². The van der Waals surface area contributed by atoms with E-state index in [4.69, 9.17) is 26.4 Å². The Labute approximate surface area is 213 Å². The highest BCUT2D eigenvalue weighted by Gasteiger charge is 2.30. The van der Waals surface area contributed by atoms with E-state index >= 15 is 0 Å². The van der Waals surface area contributed by atoms with E-state index in [1.165, 1.54) is 0 Å². The van der Waals surface area contributed by atoms with Crippen LogP contribution in [0.5, 0.6) is 5.75 Å². The van der Waals surface area contributed by atoms with Gasteiger partial charge in [-0.05, 0) is 50.6 Å². The summed E-state index contributed by atoms with van der Waals surface area (Å²) in [7, 11) is 0. The topological polar surface area (TPSA) is 131 Å². The van der Waals surface area contributed by atoms with Crippen LogP contribution in [0.15, 0.2) is 47.5 Å². The van der Waals surface area contributed by atoms with Crippen LogP contribution in [0, 0.1) is 6.92 Å². The summed E-state index contributed by atoms with van der Waals surface area (Å²) < 4.78 is 7.83. The Morgan fingerprint density at radius 1 is 1.14 bits per heavy atom. The average molecular weight is 511 g/mol. The number of hydrogen-bond donors (Lipinski definition) is 3. The molecule has 11 heteroatoms. The second-order valence-corrected chi connectivity index (χ2v) is 8.65. The van der Waals surface area contributed by atoms with Crippen LogP contribution in [0.3, 0.4) is 0 Å². The molecule has 36 heavy (non-hydrogen) atoms. The standard InChI is InChI=1S/C25H27ClN6O4/c1-3-27-22(33)14-20-24-31-30-15(2)32(24)21-10-9-18(36-12-4-11-28-25(34)35)13-19(21)23(29-20)16-5-7-17(26)8-6-16/h5-10,13,20,28H,3-4,11-12,14H2,1-2H3,(H,27,33)(H,34,35)/t20-/m0/s1. The number of halogens is 1. The lowest BCUT2D eigenvalue weighted by Crippen LogP contribution is -2.25. The summed E-state index contributed by atoms with van der Waals surface area (Å²) in [5, 5.41) is 23.1. The molecular formula is C25H27ClN6O4. The lowest BCUT2D eigenvalue weighted by molar-refractivity contribution is -0.121. The monoisotopic (exact) mass is 510 g/mol. The predicted octanol–water partition coefficient (Wildman–Crippen LogP) is 3.68. The molecule has 0 saturated carbocycles. The lowest BCUT2D eigenvalue weighted by Gasteiger charge is -2.15. The maximum Gasteiger partial charge on any atom is 0.404 e. The number of nitrogens with zero attached hydrogens (tertiary/aromatic N) is 4. The number of carbonyl (C=O) groups is 2. The van der Waals surface area contributed by atoms with Crippen LogP contribution in [-0.2, 0) is 4.79 Å². The Hall–Kier alpha value is -3.92. The van der Waals surface area contributed by atoms with Gasteiger partial charge in [-0.3, -0.25) is 14.4 Å². The van der Waals surface area contributed by atoms with E-state index in [-0.39, 0.29) is 12.3 Å². The SMILES string of the molecule is CCNC(=O)C[C@@H]1N=C(c2ccc(Cl)cc2)c2cc(OCCCNC(=O)O)ccc2-n2c(C)nnc21. The largest absolute Gasteiger partial charge is 0.494 e. The van der Waals surface area contributed by atoms with Gasteiger partial charge in [-0.1, -0.05) is 23.7 Å². The summed E-state index contributed by atoms with van der Waals surface area (Å²) in [6.07, 6.45) is -0.423. The minimum Gasteiger partial charge on any atom is -0.494 e. The minimum absolute atomic E-state index is 0.122. The molecule has 1 aliphatic heterocycles. The fraction of sp³-hybridized carbons (Fsp3) is 0.320. The van der Waals surface area contributed by atoms with Gasteiger partial charge in [0.1, 0.15) is 17.6 Å². The first-order valence-corrected chi connectivity index (χ1v) is 12.0. The molecule has 0 radical (unpaired) electrons. The number of hydrogen-bond acceptors (Lipinski definition) is 6. The zero-order valence-electron chi connectivity index (χ0n) is 20.0. The van der Waals surface area contributed by atoms with Crippen molar-refractivity contribution in [3.05, 3.63) is 70.3 Å². The number of fused-ring (bicyclic) bond motifs is 3. The predicted molar refractivity (Wildman–Crippen MR) is 135 cm³/mol. The van der Waals surface area contributed by atoms with Crippen molar-refractivity contribution in [2.45, 2.75) is 32.7 Å². The van der Waals surface area contributed by atoms with Gasteiger partial charge in [0, 0.05) is 29.2 Å². The minimum atomic E-state index is -1.06. The Balaban J connectivity index is 1.77. The molecule has 2 amide bonds. The van der Waals surface area contributed by atoms with Gasteiger partial charge in [0.05, 0.1) is 24.4 Å². The second-order valence-electron chi connectivity index (χ2n) is 8.21. The van der Waals surface area contributed by atoms with E-state index in [9.17, 15) is 9.59 Å². The normalized spacial score (nSPS) is 14.2. The molecule has 1 aromatic heterocycles. The summed E-state index contributed by atoms with van der Waals surface area (Å²) in [5.74, 6) is 1.74. The van der Waals surface area contributed by atoms with Crippen LogP contribution in [-0.4, -0.2) is 57.3 Å². The van der Waals surface area contributed by atoms with Gasteiger partial charge in [0.2, 0.25) is 5.91 Å². The number of amides is 2. The molecule has 0 fully saturated rings. The molecule has 3 N–H and O–H groups in total.